The maximum absolute atomic E-state index is 9.48. The second-order valence-electron chi connectivity index (χ2n) is 4.18. The lowest BCUT2D eigenvalue weighted by Crippen LogP contribution is -2.37. The van der Waals surface area contributed by atoms with Crippen LogP contribution in [0.1, 0.15) is 24.2 Å². The van der Waals surface area contributed by atoms with Crippen LogP contribution in [0.2, 0.25) is 0 Å². The number of morpholine rings is 1. The van der Waals surface area contributed by atoms with E-state index in [1.165, 1.54) is 0 Å². The van der Waals surface area contributed by atoms with Crippen LogP contribution in [0.25, 0.3) is 0 Å². The molecule has 0 bridgehead atoms. The van der Waals surface area contributed by atoms with Crippen LogP contribution < -0.4 is 4.90 Å². The van der Waals surface area contributed by atoms with E-state index in [2.05, 4.69) is 9.88 Å². The summed E-state index contributed by atoms with van der Waals surface area (Å²) in [7, 11) is 0. The molecule has 1 N–H and O–H groups in total. The van der Waals surface area contributed by atoms with Gasteiger partial charge in [-0.3, -0.25) is 0 Å². The quantitative estimate of drug-likeness (QED) is 0.818. The zero-order chi connectivity index (χ0) is 11.5. The monoisotopic (exact) mass is 222 g/mol. The number of anilines is 1. The third-order valence-electron chi connectivity index (χ3n) is 2.86. The van der Waals surface area contributed by atoms with Crippen molar-refractivity contribution in [3.05, 3.63) is 23.4 Å². The van der Waals surface area contributed by atoms with Crippen LogP contribution in [0, 0.1) is 6.92 Å². The van der Waals surface area contributed by atoms with Gasteiger partial charge in [-0.25, -0.2) is 4.98 Å². The Morgan fingerprint density at radius 3 is 2.69 bits per heavy atom. The molecule has 1 atom stereocenters. The van der Waals surface area contributed by atoms with E-state index >= 15 is 0 Å². The van der Waals surface area contributed by atoms with E-state index in [1.807, 2.05) is 13.0 Å². The van der Waals surface area contributed by atoms with E-state index in [-0.39, 0.29) is 0 Å². The number of nitrogens with zero attached hydrogens (tertiary/aromatic N) is 2. The Hall–Kier alpha value is -1.13. The second-order valence-corrected chi connectivity index (χ2v) is 4.18. The second kappa shape index (κ2) is 4.80. The van der Waals surface area contributed by atoms with Gasteiger partial charge in [0.25, 0.3) is 0 Å². The maximum Gasteiger partial charge on any atom is 0.131 e. The van der Waals surface area contributed by atoms with Crippen molar-refractivity contribution in [2.45, 2.75) is 20.0 Å². The first-order valence-electron chi connectivity index (χ1n) is 5.66. The topological polar surface area (TPSA) is 45.6 Å². The fourth-order valence-electron chi connectivity index (χ4n) is 1.92. The summed E-state index contributed by atoms with van der Waals surface area (Å²) < 4.78 is 5.31. The number of hydrogen-bond acceptors (Lipinski definition) is 4. The predicted molar refractivity (Wildman–Crippen MR) is 62.6 cm³/mol. The standard InChI is InChI=1S/C12H18N2O2/c1-9-7-11(10(2)15)8-13-12(9)14-3-5-16-6-4-14/h7-8,10,15H,3-6H2,1-2H3/t10-/m0/s1. The van der Waals surface area contributed by atoms with E-state index in [0.717, 1.165) is 43.2 Å². The highest BCUT2D eigenvalue weighted by atomic mass is 16.5. The molecule has 1 aliphatic rings. The Bertz CT molecular complexity index is 360. The summed E-state index contributed by atoms with van der Waals surface area (Å²) in [5, 5.41) is 9.48. The maximum atomic E-state index is 9.48. The molecule has 0 radical (unpaired) electrons. The van der Waals surface area contributed by atoms with Crippen molar-refractivity contribution < 1.29 is 9.84 Å². The number of pyridine rings is 1. The Morgan fingerprint density at radius 2 is 2.12 bits per heavy atom. The molecule has 4 nitrogen and oxygen atoms in total. The van der Waals surface area contributed by atoms with Crippen molar-refractivity contribution in [1.29, 1.82) is 0 Å². The van der Waals surface area contributed by atoms with Crippen molar-refractivity contribution in [1.82, 2.24) is 4.98 Å². The van der Waals surface area contributed by atoms with Gasteiger partial charge in [-0.2, -0.15) is 0 Å². The molecule has 0 aliphatic carbocycles. The lowest BCUT2D eigenvalue weighted by atomic mass is 10.1. The van der Waals surface area contributed by atoms with Gasteiger partial charge in [0.2, 0.25) is 0 Å². The molecule has 1 aromatic rings. The molecule has 1 aliphatic heterocycles. The van der Waals surface area contributed by atoms with Crippen LogP contribution in [-0.4, -0.2) is 36.4 Å². The van der Waals surface area contributed by atoms with Gasteiger partial charge in [0.1, 0.15) is 5.82 Å². The lowest BCUT2D eigenvalue weighted by Gasteiger charge is -2.29. The molecule has 2 heterocycles. The average molecular weight is 222 g/mol. The number of rotatable bonds is 2. The third kappa shape index (κ3) is 2.33. The summed E-state index contributed by atoms with van der Waals surface area (Å²) in [6, 6.07) is 2.00. The number of ether oxygens (including phenoxy) is 1. The van der Waals surface area contributed by atoms with Gasteiger partial charge in [0.05, 0.1) is 19.3 Å². The predicted octanol–water partition coefficient (Wildman–Crippen LogP) is 1.28. The molecule has 88 valence electrons. The minimum absolute atomic E-state index is 0.454. The van der Waals surface area contributed by atoms with Gasteiger partial charge in [-0.15, -0.1) is 0 Å². The average Bonchev–Trinajstić information content (AvgIpc) is 2.30. The Morgan fingerprint density at radius 1 is 1.44 bits per heavy atom. The molecule has 0 unspecified atom stereocenters. The lowest BCUT2D eigenvalue weighted by molar-refractivity contribution is 0.122. The van der Waals surface area contributed by atoms with Crippen LogP contribution in [-0.2, 0) is 4.74 Å². The number of aliphatic hydroxyl groups excluding tert-OH is 1. The van der Waals surface area contributed by atoms with E-state index in [0.29, 0.717) is 0 Å². The first-order valence-corrected chi connectivity index (χ1v) is 5.66. The molecule has 4 heteroatoms. The molecule has 2 rings (SSSR count). The number of aryl methyl sites for hydroxylation is 1. The van der Waals surface area contributed by atoms with Gasteiger partial charge in [-0.05, 0) is 31.0 Å². The molecular formula is C12H18N2O2. The zero-order valence-electron chi connectivity index (χ0n) is 9.81. The summed E-state index contributed by atoms with van der Waals surface area (Å²) in [4.78, 5) is 6.66. The van der Waals surface area contributed by atoms with Gasteiger partial charge >= 0.3 is 0 Å². The van der Waals surface area contributed by atoms with Crippen molar-refractivity contribution >= 4 is 5.82 Å². The number of hydrogen-bond donors (Lipinski definition) is 1. The summed E-state index contributed by atoms with van der Waals surface area (Å²) in [6.07, 6.45) is 1.30. The van der Waals surface area contributed by atoms with Gasteiger partial charge < -0.3 is 14.7 Å². The summed E-state index contributed by atoms with van der Waals surface area (Å²) >= 11 is 0. The van der Waals surface area contributed by atoms with Crippen molar-refractivity contribution in [3.63, 3.8) is 0 Å². The molecule has 0 saturated carbocycles. The summed E-state index contributed by atoms with van der Waals surface area (Å²) in [5.41, 5.74) is 1.98. The van der Waals surface area contributed by atoms with E-state index in [4.69, 9.17) is 4.74 Å². The molecule has 0 spiro atoms. The van der Waals surface area contributed by atoms with Crippen LogP contribution in [0.4, 0.5) is 5.82 Å². The molecule has 0 amide bonds. The minimum atomic E-state index is -0.454. The first kappa shape index (κ1) is 11.4. The number of aliphatic hydroxyl groups is 1. The van der Waals surface area contributed by atoms with Crippen LogP contribution in [0.15, 0.2) is 12.3 Å². The molecule has 1 fully saturated rings. The SMILES string of the molecule is Cc1cc([C@H](C)O)cnc1N1CCOCC1. The Labute approximate surface area is 95.9 Å². The molecular weight excluding hydrogens is 204 g/mol. The molecule has 1 saturated heterocycles. The minimum Gasteiger partial charge on any atom is -0.389 e. The number of aromatic nitrogens is 1. The summed E-state index contributed by atoms with van der Waals surface area (Å²) in [6.45, 7) is 7.09. The van der Waals surface area contributed by atoms with Gasteiger partial charge in [0, 0.05) is 19.3 Å². The molecule has 16 heavy (non-hydrogen) atoms. The van der Waals surface area contributed by atoms with E-state index in [9.17, 15) is 5.11 Å². The fourth-order valence-corrected chi connectivity index (χ4v) is 1.92. The van der Waals surface area contributed by atoms with E-state index in [1.54, 1.807) is 13.1 Å². The van der Waals surface area contributed by atoms with Crippen molar-refractivity contribution in [2.75, 3.05) is 31.2 Å². The zero-order valence-corrected chi connectivity index (χ0v) is 9.81. The Balaban J connectivity index is 2.21. The Kier molecular flexibility index (Phi) is 3.41. The highest BCUT2D eigenvalue weighted by Crippen LogP contribution is 2.21. The van der Waals surface area contributed by atoms with Gasteiger partial charge in [-0.1, -0.05) is 0 Å². The summed E-state index contributed by atoms with van der Waals surface area (Å²) in [5.74, 6) is 1.01. The van der Waals surface area contributed by atoms with Crippen LogP contribution >= 0.6 is 0 Å². The smallest absolute Gasteiger partial charge is 0.131 e. The normalized spacial score (nSPS) is 18.6. The highest BCUT2D eigenvalue weighted by molar-refractivity contribution is 5.47. The van der Waals surface area contributed by atoms with Crippen LogP contribution in [0.3, 0.4) is 0 Å². The van der Waals surface area contributed by atoms with Crippen molar-refractivity contribution in [2.24, 2.45) is 0 Å². The third-order valence-corrected chi connectivity index (χ3v) is 2.86. The fraction of sp³-hybridized carbons (Fsp3) is 0.583. The van der Waals surface area contributed by atoms with Crippen molar-refractivity contribution in [3.8, 4) is 0 Å². The molecule has 0 aromatic carbocycles. The largest absolute Gasteiger partial charge is 0.389 e. The van der Waals surface area contributed by atoms with E-state index < -0.39 is 6.10 Å². The van der Waals surface area contributed by atoms with Crippen LogP contribution in [0.5, 0.6) is 0 Å². The van der Waals surface area contributed by atoms with Gasteiger partial charge in [0.15, 0.2) is 0 Å². The molecule has 1 aromatic heterocycles. The highest BCUT2D eigenvalue weighted by Gasteiger charge is 2.15. The first-order chi connectivity index (χ1) is 7.68.